The molecule has 0 spiro atoms. The summed E-state index contributed by atoms with van der Waals surface area (Å²) in [6, 6.07) is 0.349. The van der Waals surface area contributed by atoms with Gasteiger partial charge in [-0.05, 0) is 19.3 Å². The number of nitrogens with zero attached hydrogens (tertiary/aromatic N) is 7. The Labute approximate surface area is 174 Å². The summed E-state index contributed by atoms with van der Waals surface area (Å²) >= 11 is 0. The molecule has 160 valence electrons. The van der Waals surface area contributed by atoms with E-state index in [0.717, 1.165) is 32.4 Å². The average Bonchev–Trinajstić information content (AvgIpc) is 3.32. The van der Waals surface area contributed by atoms with Crippen molar-refractivity contribution in [1.29, 1.82) is 0 Å². The molecular formula is C19H27N9O2. The number of fused-ring (bicyclic) bond motifs is 1. The van der Waals surface area contributed by atoms with E-state index in [2.05, 4.69) is 25.3 Å². The molecule has 11 nitrogen and oxygen atoms in total. The van der Waals surface area contributed by atoms with Gasteiger partial charge in [-0.25, -0.2) is 14.8 Å². The van der Waals surface area contributed by atoms with Crippen molar-refractivity contribution >= 4 is 29.3 Å². The molecule has 0 aromatic carbocycles. The zero-order valence-corrected chi connectivity index (χ0v) is 17.4. The molecule has 4 rings (SSSR count). The van der Waals surface area contributed by atoms with Gasteiger partial charge in [-0.1, -0.05) is 0 Å². The molecule has 0 radical (unpaired) electrons. The van der Waals surface area contributed by atoms with Crippen LogP contribution in [0.2, 0.25) is 0 Å². The number of urea groups is 1. The summed E-state index contributed by atoms with van der Waals surface area (Å²) in [6.07, 6.45) is 7.79. The number of piperidine rings is 1. The summed E-state index contributed by atoms with van der Waals surface area (Å²) in [7, 11) is 5.36. The molecular weight excluding hydrogens is 386 g/mol. The fourth-order valence-corrected chi connectivity index (χ4v) is 4.37. The lowest BCUT2D eigenvalue weighted by molar-refractivity contribution is 0.0996. The van der Waals surface area contributed by atoms with Crippen LogP contribution >= 0.6 is 0 Å². The number of carbonyl (C=O) groups is 2. The second kappa shape index (κ2) is 7.81. The normalized spacial score (nSPS) is 20.8. The van der Waals surface area contributed by atoms with Gasteiger partial charge >= 0.3 is 6.03 Å². The second-order valence-electron chi connectivity index (χ2n) is 7.95. The van der Waals surface area contributed by atoms with Crippen LogP contribution in [0.1, 0.15) is 29.8 Å². The van der Waals surface area contributed by atoms with Crippen LogP contribution in [-0.4, -0.2) is 80.8 Å². The van der Waals surface area contributed by atoms with Gasteiger partial charge in [0.25, 0.3) is 5.91 Å². The van der Waals surface area contributed by atoms with Gasteiger partial charge < -0.3 is 25.8 Å². The highest BCUT2D eigenvalue weighted by molar-refractivity contribution is 5.96. The molecule has 2 fully saturated rings. The summed E-state index contributed by atoms with van der Waals surface area (Å²) in [5.74, 6) is 0.315. The Morgan fingerprint density at radius 3 is 2.67 bits per heavy atom. The third kappa shape index (κ3) is 3.62. The SMILES string of the molecule is CN(C)C(=O)N1CCC2C1CCCN2c1cnc(C(N)=O)c(Nc2cnn(C)c2)n1. The lowest BCUT2D eigenvalue weighted by atomic mass is 9.97. The minimum Gasteiger partial charge on any atom is -0.364 e. The number of carbonyl (C=O) groups excluding carboxylic acids is 2. The maximum atomic E-state index is 12.6. The maximum Gasteiger partial charge on any atom is 0.319 e. The Balaban J connectivity index is 1.62. The smallest absolute Gasteiger partial charge is 0.319 e. The van der Waals surface area contributed by atoms with Crippen LogP contribution in [0.4, 0.5) is 22.1 Å². The number of hydrogen-bond donors (Lipinski definition) is 2. The monoisotopic (exact) mass is 413 g/mol. The van der Waals surface area contributed by atoms with Crippen LogP contribution in [0.15, 0.2) is 18.6 Å². The Bertz CT molecular complexity index is 957. The van der Waals surface area contributed by atoms with E-state index < -0.39 is 5.91 Å². The molecule has 2 saturated heterocycles. The van der Waals surface area contributed by atoms with Crippen molar-refractivity contribution in [2.24, 2.45) is 12.8 Å². The fraction of sp³-hybridized carbons (Fsp3) is 0.526. The third-order valence-electron chi connectivity index (χ3n) is 5.69. The van der Waals surface area contributed by atoms with Crippen molar-refractivity contribution in [3.05, 3.63) is 24.3 Å². The molecule has 3 N–H and O–H groups in total. The van der Waals surface area contributed by atoms with E-state index in [4.69, 9.17) is 5.73 Å². The van der Waals surface area contributed by atoms with E-state index in [1.807, 2.05) is 4.90 Å². The number of primary amides is 1. The quantitative estimate of drug-likeness (QED) is 0.758. The lowest BCUT2D eigenvalue weighted by Crippen LogP contribution is -2.53. The van der Waals surface area contributed by atoms with Crippen molar-refractivity contribution in [1.82, 2.24) is 29.5 Å². The molecule has 0 aliphatic carbocycles. The molecule has 11 heteroatoms. The van der Waals surface area contributed by atoms with Gasteiger partial charge in [0.05, 0.1) is 30.2 Å². The maximum absolute atomic E-state index is 12.6. The van der Waals surface area contributed by atoms with Crippen LogP contribution in [0.25, 0.3) is 0 Å². The van der Waals surface area contributed by atoms with Crippen molar-refractivity contribution in [3.63, 3.8) is 0 Å². The molecule has 0 saturated carbocycles. The number of likely N-dealkylation sites (tertiary alicyclic amines) is 1. The van der Waals surface area contributed by atoms with E-state index in [-0.39, 0.29) is 23.8 Å². The first-order chi connectivity index (χ1) is 14.3. The summed E-state index contributed by atoms with van der Waals surface area (Å²) in [6.45, 7) is 1.54. The van der Waals surface area contributed by atoms with Gasteiger partial charge in [0.1, 0.15) is 5.82 Å². The Kier molecular flexibility index (Phi) is 5.18. The fourth-order valence-electron chi connectivity index (χ4n) is 4.37. The molecule has 2 aliphatic heterocycles. The molecule has 2 atom stereocenters. The number of anilines is 3. The van der Waals surface area contributed by atoms with Gasteiger partial charge in [-0.2, -0.15) is 5.10 Å². The number of nitrogens with two attached hydrogens (primary N) is 1. The van der Waals surface area contributed by atoms with Crippen molar-refractivity contribution < 1.29 is 9.59 Å². The summed E-state index contributed by atoms with van der Waals surface area (Å²) in [5.41, 5.74) is 6.27. The minimum atomic E-state index is -0.652. The van der Waals surface area contributed by atoms with Crippen molar-refractivity contribution in [3.8, 4) is 0 Å². The predicted octanol–water partition coefficient (Wildman–Crippen LogP) is 0.777. The summed E-state index contributed by atoms with van der Waals surface area (Å²) in [5, 5.41) is 7.22. The average molecular weight is 413 g/mol. The van der Waals surface area contributed by atoms with Gasteiger partial charge in [0.2, 0.25) is 0 Å². The Morgan fingerprint density at radius 2 is 2.00 bits per heavy atom. The van der Waals surface area contributed by atoms with Crippen molar-refractivity contribution in [2.75, 3.05) is 37.4 Å². The second-order valence-corrected chi connectivity index (χ2v) is 7.95. The zero-order valence-electron chi connectivity index (χ0n) is 17.4. The highest BCUT2D eigenvalue weighted by Crippen LogP contribution is 2.34. The molecule has 3 amide bonds. The third-order valence-corrected chi connectivity index (χ3v) is 5.69. The van der Waals surface area contributed by atoms with Crippen LogP contribution in [0.5, 0.6) is 0 Å². The molecule has 30 heavy (non-hydrogen) atoms. The molecule has 2 aromatic heterocycles. The van der Waals surface area contributed by atoms with E-state index in [1.165, 1.54) is 0 Å². The van der Waals surface area contributed by atoms with Crippen molar-refractivity contribution in [2.45, 2.75) is 31.3 Å². The largest absolute Gasteiger partial charge is 0.364 e. The highest BCUT2D eigenvalue weighted by atomic mass is 16.2. The van der Waals surface area contributed by atoms with Crippen LogP contribution in [-0.2, 0) is 7.05 Å². The van der Waals surface area contributed by atoms with Crippen LogP contribution < -0.4 is 16.0 Å². The number of aromatic nitrogens is 4. The summed E-state index contributed by atoms with van der Waals surface area (Å²) in [4.78, 5) is 39.2. The lowest BCUT2D eigenvalue weighted by Gasteiger charge is -2.41. The molecule has 2 aliphatic rings. The number of aryl methyl sites for hydroxylation is 1. The van der Waals surface area contributed by atoms with E-state index in [9.17, 15) is 9.59 Å². The number of nitrogens with one attached hydrogen (secondary N) is 1. The predicted molar refractivity (Wildman–Crippen MR) is 112 cm³/mol. The number of rotatable bonds is 4. The number of amides is 3. The highest BCUT2D eigenvalue weighted by Gasteiger charge is 2.43. The van der Waals surface area contributed by atoms with E-state index in [1.54, 1.807) is 49.3 Å². The van der Waals surface area contributed by atoms with Gasteiger partial charge in [0, 0.05) is 40.4 Å². The Morgan fingerprint density at radius 1 is 1.20 bits per heavy atom. The standard InChI is InChI=1S/C19H27N9O2/c1-25(2)19(30)28-8-6-14-13(28)5-4-7-27(14)15-10-21-16(17(20)29)18(24-15)23-12-9-22-26(3)11-12/h9-11,13-14H,4-8H2,1-3H3,(H2,20,29)(H,23,24). The minimum absolute atomic E-state index is 0.0402. The van der Waals surface area contributed by atoms with Gasteiger partial charge in [-0.3, -0.25) is 9.48 Å². The van der Waals surface area contributed by atoms with Crippen LogP contribution in [0, 0.1) is 0 Å². The first kappa shape index (κ1) is 19.9. The molecule has 0 bridgehead atoms. The van der Waals surface area contributed by atoms with E-state index in [0.29, 0.717) is 17.3 Å². The van der Waals surface area contributed by atoms with Gasteiger partial charge in [-0.15, -0.1) is 0 Å². The number of hydrogen-bond acceptors (Lipinski definition) is 7. The first-order valence-electron chi connectivity index (χ1n) is 10.0. The van der Waals surface area contributed by atoms with Crippen LogP contribution in [0.3, 0.4) is 0 Å². The summed E-state index contributed by atoms with van der Waals surface area (Å²) < 4.78 is 1.65. The first-order valence-corrected chi connectivity index (χ1v) is 10.0. The van der Waals surface area contributed by atoms with E-state index >= 15 is 0 Å². The zero-order chi connectivity index (χ0) is 21.4. The van der Waals surface area contributed by atoms with Gasteiger partial charge in [0.15, 0.2) is 11.5 Å². The molecule has 4 heterocycles. The Hall–Kier alpha value is -3.37. The topological polar surface area (TPSA) is 126 Å². The molecule has 2 unspecified atom stereocenters. The molecule has 2 aromatic rings.